The smallest absolute Gasteiger partial charge is 0.294 e. The van der Waals surface area contributed by atoms with Gasteiger partial charge >= 0.3 is 6.18 Å². The molecule has 0 aromatic heterocycles. The molecule has 0 aliphatic heterocycles. The van der Waals surface area contributed by atoms with Crippen molar-refractivity contribution in [2.45, 2.75) is 71.1 Å². The monoisotopic (exact) mass is 430 g/mol. The molecular weight excluding hydrogens is 397 g/mol. The molecular formula is C26H33F3N2. The van der Waals surface area contributed by atoms with Gasteiger partial charge in [-0.05, 0) is 63.3 Å². The lowest BCUT2D eigenvalue weighted by atomic mass is 9.68. The lowest BCUT2D eigenvalue weighted by Gasteiger charge is -2.36. The Balaban J connectivity index is 2.30. The normalized spacial score (nSPS) is 15.2. The summed E-state index contributed by atoms with van der Waals surface area (Å²) in [6.07, 6.45) is -3.48. The van der Waals surface area contributed by atoms with Gasteiger partial charge in [0, 0.05) is 12.1 Å². The summed E-state index contributed by atoms with van der Waals surface area (Å²) < 4.78 is 41.1. The van der Waals surface area contributed by atoms with E-state index in [9.17, 15) is 18.4 Å². The highest BCUT2D eigenvalue weighted by Crippen LogP contribution is 2.43. The number of benzene rings is 2. The third-order valence-electron chi connectivity index (χ3n) is 6.33. The van der Waals surface area contributed by atoms with E-state index in [0.29, 0.717) is 19.4 Å². The van der Waals surface area contributed by atoms with E-state index in [-0.39, 0.29) is 23.6 Å². The van der Waals surface area contributed by atoms with Crippen LogP contribution in [0.3, 0.4) is 0 Å². The van der Waals surface area contributed by atoms with Crippen LogP contribution in [0.5, 0.6) is 0 Å². The summed E-state index contributed by atoms with van der Waals surface area (Å²) in [6.45, 7) is 10.8. The summed E-state index contributed by atoms with van der Waals surface area (Å²) in [5.41, 5.74) is -0.602. The minimum absolute atomic E-state index is 0.0900. The average molecular weight is 431 g/mol. The number of nitrogens with zero attached hydrogens (tertiary/aromatic N) is 2. The molecule has 0 fully saturated rings. The van der Waals surface area contributed by atoms with Gasteiger partial charge in [0.2, 0.25) is 0 Å². The second-order valence-corrected chi connectivity index (χ2v) is 8.80. The highest BCUT2D eigenvalue weighted by molar-refractivity contribution is 5.41. The maximum atomic E-state index is 13.7. The van der Waals surface area contributed by atoms with E-state index in [1.165, 1.54) is 17.7 Å². The maximum Gasteiger partial charge on any atom is 0.416 e. The van der Waals surface area contributed by atoms with Gasteiger partial charge in [-0.3, -0.25) is 4.90 Å². The Bertz CT molecular complexity index is 868. The van der Waals surface area contributed by atoms with Gasteiger partial charge in [0.25, 0.3) is 0 Å². The summed E-state index contributed by atoms with van der Waals surface area (Å²) in [4.78, 5) is 2.34. The lowest BCUT2D eigenvalue weighted by Crippen LogP contribution is -2.37. The molecule has 0 aliphatic carbocycles. The van der Waals surface area contributed by atoms with Gasteiger partial charge in [0.15, 0.2) is 0 Å². The van der Waals surface area contributed by atoms with E-state index < -0.39 is 17.2 Å². The molecule has 0 radical (unpaired) electrons. The quantitative estimate of drug-likeness (QED) is 0.415. The van der Waals surface area contributed by atoms with Gasteiger partial charge in [-0.2, -0.15) is 18.4 Å². The second-order valence-electron chi connectivity index (χ2n) is 8.80. The van der Waals surface area contributed by atoms with Crippen LogP contribution in [0.25, 0.3) is 0 Å². The van der Waals surface area contributed by atoms with Crippen LogP contribution >= 0.6 is 0 Å². The minimum Gasteiger partial charge on any atom is -0.294 e. The Morgan fingerprint density at radius 2 is 1.42 bits per heavy atom. The molecule has 5 heteroatoms. The Morgan fingerprint density at radius 3 is 1.90 bits per heavy atom. The van der Waals surface area contributed by atoms with Crippen molar-refractivity contribution in [3.8, 4) is 6.07 Å². The average Bonchev–Trinajstić information content (AvgIpc) is 2.73. The van der Waals surface area contributed by atoms with Gasteiger partial charge in [0.1, 0.15) is 0 Å². The van der Waals surface area contributed by atoms with E-state index in [1.807, 2.05) is 32.0 Å². The number of hydrogen-bond donors (Lipinski definition) is 0. The SMILES string of the molecule is CC(C)N(CCCC(C#N)(c1ccccc1C(F)(F)F)C(C)C)C(C)c1ccccc1. The molecule has 2 aromatic carbocycles. The Hall–Kier alpha value is -2.32. The summed E-state index contributed by atoms with van der Waals surface area (Å²) in [6, 6.07) is 18.5. The van der Waals surface area contributed by atoms with Crippen LogP contribution in [0.4, 0.5) is 13.2 Å². The number of hydrogen-bond acceptors (Lipinski definition) is 2. The van der Waals surface area contributed by atoms with Gasteiger partial charge in [-0.15, -0.1) is 0 Å². The fourth-order valence-electron chi connectivity index (χ4n) is 4.46. The van der Waals surface area contributed by atoms with Crippen LogP contribution in [-0.4, -0.2) is 17.5 Å². The Kier molecular flexibility index (Phi) is 8.31. The van der Waals surface area contributed by atoms with Crippen molar-refractivity contribution >= 4 is 0 Å². The fourth-order valence-corrected chi connectivity index (χ4v) is 4.46. The second kappa shape index (κ2) is 10.3. The molecule has 2 rings (SSSR count). The van der Waals surface area contributed by atoms with Gasteiger partial charge < -0.3 is 0 Å². The molecule has 2 aromatic rings. The van der Waals surface area contributed by atoms with E-state index in [0.717, 1.165) is 6.07 Å². The first-order valence-corrected chi connectivity index (χ1v) is 10.9. The first-order valence-electron chi connectivity index (χ1n) is 10.9. The standard InChI is InChI=1S/C26H33F3N2/c1-19(2)25(18-30,23-14-9-10-15-24(23)26(27,28)29)16-11-17-31(20(3)4)21(5)22-12-7-6-8-13-22/h6-10,12-15,19-21H,11,16-17H2,1-5H3. The van der Waals surface area contributed by atoms with E-state index in [2.05, 4.69) is 43.9 Å². The van der Waals surface area contributed by atoms with Crippen LogP contribution in [0.15, 0.2) is 54.6 Å². The molecule has 0 saturated carbocycles. The van der Waals surface area contributed by atoms with Gasteiger partial charge in [0.05, 0.1) is 17.0 Å². The fraction of sp³-hybridized carbons (Fsp3) is 0.500. The Labute approximate surface area is 184 Å². The zero-order valence-corrected chi connectivity index (χ0v) is 19.1. The molecule has 31 heavy (non-hydrogen) atoms. The summed E-state index contributed by atoms with van der Waals surface area (Å²) >= 11 is 0. The van der Waals surface area contributed by atoms with Crippen molar-refractivity contribution in [3.05, 3.63) is 71.3 Å². The van der Waals surface area contributed by atoms with E-state index >= 15 is 0 Å². The van der Waals surface area contributed by atoms with Crippen LogP contribution in [0, 0.1) is 17.2 Å². The highest BCUT2D eigenvalue weighted by atomic mass is 19.4. The third-order valence-corrected chi connectivity index (χ3v) is 6.33. The van der Waals surface area contributed by atoms with Crippen LogP contribution in [-0.2, 0) is 11.6 Å². The third kappa shape index (κ3) is 5.68. The number of nitriles is 1. The van der Waals surface area contributed by atoms with Crippen molar-refractivity contribution in [1.82, 2.24) is 4.90 Å². The predicted molar refractivity (Wildman–Crippen MR) is 120 cm³/mol. The summed E-state index contributed by atoms with van der Waals surface area (Å²) in [7, 11) is 0. The zero-order chi connectivity index (χ0) is 23.2. The van der Waals surface area contributed by atoms with Crippen LogP contribution < -0.4 is 0 Å². The first-order chi connectivity index (χ1) is 14.5. The molecule has 0 heterocycles. The lowest BCUT2D eigenvalue weighted by molar-refractivity contribution is -0.138. The summed E-state index contributed by atoms with van der Waals surface area (Å²) in [5.74, 6) is -0.250. The maximum absolute atomic E-state index is 13.7. The topological polar surface area (TPSA) is 27.0 Å². The van der Waals surface area contributed by atoms with Crippen LogP contribution in [0.2, 0.25) is 0 Å². The Morgan fingerprint density at radius 1 is 0.871 bits per heavy atom. The van der Waals surface area contributed by atoms with Crippen molar-refractivity contribution < 1.29 is 13.2 Å². The van der Waals surface area contributed by atoms with Crippen molar-refractivity contribution in [2.75, 3.05) is 6.54 Å². The molecule has 0 aliphatic rings. The number of rotatable bonds is 9. The van der Waals surface area contributed by atoms with E-state index in [1.54, 1.807) is 6.07 Å². The molecule has 0 amide bonds. The molecule has 2 unspecified atom stereocenters. The van der Waals surface area contributed by atoms with Gasteiger partial charge in [-0.1, -0.05) is 62.4 Å². The zero-order valence-electron chi connectivity index (χ0n) is 19.1. The molecule has 0 bridgehead atoms. The van der Waals surface area contributed by atoms with Crippen molar-refractivity contribution in [1.29, 1.82) is 5.26 Å². The predicted octanol–water partition coefficient (Wildman–Crippen LogP) is 7.37. The number of alkyl halides is 3. The first kappa shape index (κ1) is 24.9. The minimum atomic E-state index is -4.49. The van der Waals surface area contributed by atoms with Gasteiger partial charge in [-0.25, -0.2) is 0 Å². The molecule has 0 N–H and O–H groups in total. The largest absolute Gasteiger partial charge is 0.416 e. The van der Waals surface area contributed by atoms with Crippen molar-refractivity contribution in [2.24, 2.45) is 5.92 Å². The molecule has 0 spiro atoms. The molecule has 2 atom stereocenters. The molecule has 2 nitrogen and oxygen atoms in total. The highest BCUT2D eigenvalue weighted by Gasteiger charge is 2.43. The van der Waals surface area contributed by atoms with Crippen molar-refractivity contribution in [3.63, 3.8) is 0 Å². The molecule has 168 valence electrons. The van der Waals surface area contributed by atoms with Crippen LogP contribution in [0.1, 0.15) is 70.2 Å². The molecule has 0 saturated heterocycles. The summed E-state index contributed by atoms with van der Waals surface area (Å²) in [5, 5.41) is 10.1. The van der Waals surface area contributed by atoms with E-state index in [4.69, 9.17) is 0 Å². The number of halogens is 3.